The molecule has 1 heterocycles. The van der Waals surface area contributed by atoms with Gasteiger partial charge in [0.05, 0.1) is 6.26 Å². The zero-order chi connectivity index (χ0) is 10.8. The van der Waals surface area contributed by atoms with Gasteiger partial charge in [-0.3, -0.25) is 0 Å². The summed E-state index contributed by atoms with van der Waals surface area (Å²) in [6.07, 6.45) is 0.527. The van der Waals surface area contributed by atoms with Crippen LogP contribution >= 0.6 is 15.9 Å². The van der Waals surface area contributed by atoms with Crippen molar-refractivity contribution < 1.29 is 13.9 Å². The minimum Gasteiger partial charge on any atom is -0.466 e. The number of furan rings is 1. The molecule has 0 aliphatic carbocycles. The van der Waals surface area contributed by atoms with Crippen LogP contribution in [0.25, 0.3) is 0 Å². The normalized spacial score (nSPS) is 12.7. The van der Waals surface area contributed by atoms with Crippen LogP contribution in [0.3, 0.4) is 0 Å². The number of hydrogen-bond donors (Lipinski definition) is 1. The van der Waals surface area contributed by atoms with Crippen LogP contribution in [0.4, 0.5) is 4.39 Å². The molecule has 1 unspecified atom stereocenters. The van der Waals surface area contributed by atoms with Crippen molar-refractivity contribution in [3.8, 4) is 0 Å². The molecule has 15 heavy (non-hydrogen) atoms. The minimum absolute atomic E-state index is 0.396. The molecule has 2 rings (SSSR count). The van der Waals surface area contributed by atoms with Gasteiger partial charge in [0, 0.05) is 4.47 Å². The molecule has 0 amide bonds. The van der Waals surface area contributed by atoms with Crippen molar-refractivity contribution in [3.05, 3.63) is 58.2 Å². The van der Waals surface area contributed by atoms with E-state index < -0.39 is 11.9 Å². The molecule has 78 valence electrons. The predicted octanol–water partition coefficient (Wildman–Crippen LogP) is 3.26. The number of rotatable bonds is 2. The quantitative estimate of drug-likeness (QED) is 0.909. The van der Waals surface area contributed by atoms with Crippen molar-refractivity contribution in [1.82, 2.24) is 0 Å². The SMILES string of the molecule is OC(c1cc(F)cc(Br)c1)c1ccco1. The van der Waals surface area contributed by atoms with Crippen molar-refractivity contribution in [3.63, 3.8) is 0 Å². The second kappa shape index (κ2) is 4.16. The van der Waals surface area contributed by atoms with E-state index in [1.807, 2.05) is 0 Å². The van der Waals surface area contributed by atoms with Gasteiger partial charge >= 0.3 is 0 Å². The Kier molecular flexibility index (Phi) is 2.88. The van der Waals surface area contributed by atoms with Crippen molar-refractivity contribution in [2.45, 2.75) is 6.10 Å². The van der Waals surface area contributed by atoms with E-state index in [1.165, 1.54) is 18.4 Å². The molecule has 0 radical (unpaired) electrons. The Balaban J connectivity index is 2.37. The van der Waals surface area contributed by atoms with Gasteiger partial charge in [-0.15, -0.1) is 0 Å². The van der Waals surface area contributed by atoms with Crippen molar-refractivity contribution >= 4 is 15.9 Å². The number of benzene rings is 1. The highest BCUT2D eigenvalue weighted by Crippen LogP contribution is 2.25. The van der Waals surface area contributed by atoms with E-state index in [9.17, 15) is 9.50 Å². The monoisotopic (exact) mass is 270 g/mol. The first kappa shape index (κ1) is 10.4. The van der Waals surface area contributed by atoms with Gasteiger partial charge in [0.2, 0.25) is 0 Å². The van der Waals surface area contributed by atoms with Gasteiger partial charge in [0.15, 0.2) is 0 Å². The first-order chi connectivity index (χ1) is 7.16. The highest BCUT2D eigenvalue weighted by Gasteiger charge is 2.14. The maximum atomic E-state index is 13.1. The summed E-state index contributed by atoms with van der Waals surface area (Å²) in [4.78, 5) is 0. The van der Waals surface area contributed by atoms with E-state index in [1.54, 1.807) is 18.2 Å². The maximum absolute atomic E-state index is 13.1. The van der Waals surface area contributed by atoms with Crippen molar-refractivity contribution in [2.75, 3.05) is 0 Å². The smallest absolute Gasteiger partial charge is 0.137 e. The molecule has 1 aromatic carbocycles. The lowest BCUT2D eigenvalue weighted by molar-refractivity contribution is 0.189. The van der Waals surface area contributed by atoms with Gasteiger partial charge in [-0.25, -0.2) is 4.39 Å². The lowest BCUT2D eigenvalue weighted by Gasteiger charge is -2.08. The van der Waals surface area contributed by atoms with Gasteiger partial charge in [-0.1, -0.05) is 15.9 Å². The van der Waals surface area contributed by atoms with Crippen LogP contribution in [0.5, 0.6) is 0 Å². The van der Waals surface area contributed by atoms with Crippen LogP contribution in [0, 0.1) is 5.82 Å². The first-order valence-corrected chi connectivity index (χ1v) is 5.13. The molecule has 0 saturated heterocycles. The molecular weight excluding hydrogens is 263 g/mol. The lowest BCUT2D eigenvalue weighted by atomic mass is 10.1. The van der Waals surface area contributed by atoms with Gasteiger partial charge in [-0.2, -0.15) is 0 Å². The Hall–Kier alpha value is -1.13. The molecule has 0 saturated carbocycles. The Morgan fingerprint density at radius 1 is 1.33 bits per heavy atom. The van der Waals surface area contributed by atoms with Gasteiger partial charge < -0.3 is 9.52 Å². The summed E-state index contributed by atoms with van der Waals surface area (Å²) < 4.78 is 18.7. The second-order valence-corrected chi connectivity index (χ2v) is 4.04. The van der Waals surface area contributed by atoms with E-state index in [4.69, 9.17) is 4.42 Å². The van der Waals surface area contributed by atoms with E-state index in [2.05, 4.69) is 15.9 Å². The van der Waals surface area contributed by atoms with Crippen molar-refractivity contribution in [1.29, 1.82) is 0 Å². The summed E-state index contributed by atoms with van der Waals surface area (Å²) in [7, 11) is 0. The van der Waals surface area contributed by atoms with Gasteiger partial charge in [0.1, 0.15) is 17.7 Å². The van der Waals surface area contributed by atoms with E-state index in [0.29, 0.717) is 15.8 Å². The molecule has 1 aromatic heterocycles. The highest BCUT2D eigenvalue weighted by molar-refractivity contribution is 9.10. The molecule has 1 atom stereocenters. The van der Waals surface area contributed by atoms with Crippen LogP contribution in [0.15, 0.2) is 45.5 Å². The van der Waals surface area contributed by atoms with Gasteiger partial charge in [0.25, 0.3) is 0 Å². The molecule has 0 aliphatic rings. The number of halogens is 2. The third kappa shape index (κ3) is 2.27. The van der Waals surface area contributed by atoms with Gasteiger partial charge in [-0.05, 0) is 35.9 Å². The lowest BCUT2D eigenvalue weighted by Crippen LogP contribution is -1.98. The van der Waals surface area contributed by atoms with E-state index in [0.717, 1.165) is 0 Å². The van der Waals surface area contributed by atoms with E-state index in [-0.39, 0.29) is 0 Å². The topological polar surface area (TPSA) is 33.4 Å². The summed E-state index contributed by atoms with van der Waals surface area (Å²) in [5, 5.41) is 9.85. The molecular formula is C11H8BrFO2. The molecule has 2 nitrogen and oxygen atoms in total. The fourth-order valence-corrected chi connectivity index (χ4v) is 1.83. The van der Waals surface area contributed by atoms with Crippen molar-refractivity contribution in [2.24, 2.45) is 0 Å². The first-order valence-electron chi connectivity index (χ1n) is 4.34. The van der Waals surface area contributed by atoms with Crippen LogP contribution in [0.2, 0.25) is 0 Å². The predicted molar refractivity (Wildman–Crippen MR) is 56.9 cm³/mol. The average Bonchev–Trinajstić information content (AvgIpc) is 2.67. The van der Waals surface area contributed by atoms with Crippen LogP contribution < -0.4 is 0 Å². The van der Waals surface area contributed by atoms with Crippen LogP contribution in [-0.4, -0.2) is 5.11 Å². The third-order valence-corrected chi connectivity index (χ3v) is 2.47. The maximum Gasteiger partial charge on any atom is 0.137 e. The standard InChI is InChI=1S/C11H8BrFO2/c12-8-4-7(5-9(13)6-8)11(14)10-2-1-3-15-10/h1-6,11,14H. The highest BCUT2D eigenvalue weighted by atomic mass is 79.9. The summed E-state index contributed by atoms with van der Waals surface area (Å²) in [6, 6.07) is 7.57. The number of hydrogen-bond acceptors (Lipinski definition) is 2. The summed E-state index contributed by atoms with van der Waals surface area (Å²) in [5.41, 5.74) is 0.455. The molecule has 1 N–H and O–H groups in total. The Labute approximate surface area is 94.5 Å². The molecule has 0 spiro atoms. The summed E-state index contributed by atoms with van der Waals surface area (Å²) in [6.45, 7) is 0. The Bertz CT molecular complexity index is 433. The minimum atomic E-state index is -0.938. The summed E-state index contributed by atoms with van der Waals surface area (Å²) in [5.74, 6) is -0.00233. The summed E-state index contributed by atoms with van der Waals surface area (Å²) >= 11 is 3.16. The molecule has 0 bridgehead atoms. The largest absolute Gasteiger partial charge is 0.466 e. The third-order valence-electron chi connectivity index (χ3n) is 2.01. The Morgan fingerprint density at radius 2 is 2.13 bits per heavy atom. The number of aliphatic hydroxyl groups is 1. The van der Waals surface area contributed by atoms with Crippen LogP contribution in [-0.2, 0) is 0 Å². The molecule has 4 heteroatoms. The van der Waals surface area contributed by atoms with E-state index >= 15 is 0 Å². The number of aliphatic hydroxyl groups excluding tert-OH is 1. The average molecular weight is 271 g/mol. The van der Waals surface area contributed by atoms with Crippen LogP contribution in [0.1, 0.15) is 17.4 Å². The Morgan fingerprint density at radius 3 is 2.73 bits per heavy atom. The molecule has 0 fully saturated rings. The molecule has 2 aromatic rings. The fourth-order valence-electron chi connectivity index (χ4n) is 1.34. The zero-order valence-corrected chi connectivity index (χ0v) is 9.24. The second-order valence-electron chi connectivity index (χ2n) is 3.12. The fraction of sp³-hybridized carbons (Fsp3) is 0.0909. The molecule has 0 aliphatic heterocycles. The zero-order valence-electron chi connectivity index (χ0n) is 7.65.